The molecule has 1 aromatic carbocycles. The van der Waals surface area contributed by atoms with E-state index in [0.717, 1.165) is 71.7 Å². The fourth-order valence-electron chi connectivity index (χ4n) is 4.67. The molecule has 0 bridgehead atoms. The average molecular weight is 489 g/mol. The summed E-state index contributed by atoms with van der Waals surface area (Å²) in [5.74, 6) is 1.94. The van der Waals surface area contributed by atoms with Gasteiger partial charge in [-0.05, 0) is 88.0 Å². The number of anilines is 1. The van der Waals surface area contributed by atoms with E-state index in [2.05, 4.69) is 70.7 Å². The van der Waals surface area contributed by atoms with Crippen LogP contribution in [0.5, 0.6) is 0 Å². The van der Waals surface area contributed by atoms with Gasteiger partial charge in [0.05, 0.1) is 17.1 Å². The molecule has 36 heavy (non-hydrogen) atoms. The standard InChI is InChI=1S/C31H44N4O/c1-8-22(3)26(7)32-30-19-27(13-12-25(30)6)29(9-2)33-31-15-14-28(20-35(31)21-36)34-17-10-11-23(4)24(5)16-18-34/h9,12-15,19-24H,8,10-11,16-18H2,1-7H3/b29-9-,32-26?,33-31?. The molecule has 0 spiro atoms. The Morgan fingerprint density at radius 1 is 1.14 bits per heavy atom. The third-order valence-electron chi connectivity index (χ3n) is 7.97. The van der Waals surface area contributed by atoms with E-state index in [1.807, 2.05) is 25.3 Å². The van der Waals surface area contributed by atoms with Gasteiger partial charge in [0.1, 0.15) is 5.49 Å². The Hall–Kier alpha value is -2.95. The summed E-state index contributed by atoms with van der Waals surface area (Å²) in [6.45, 7) is 17.3. The lowest BCUT2D eigenvalue weighted by Gasteiger charge is -2.32. The summed E-state index contributed by atoms with van der Waals surface area (Å²) in [4.78, 5) is 24.3. The number of carbonyl (C=O) groups is 1. The van der Waals surface area contributed by atoms with Crippen molar-refractivity contribution in [2.75, 3.05) is 18.0 Å². The zero-order valence-electron chi connectivity index (χ0n) is 23.3. The monoisotopic (exact) mass is 488 g/mol. The summed E-state index contributed by atoms with van der Waals surface area (Å²) in [7, 11) is 0. The van der Waals surface area contributed by atoms with Gasteiger partial charge >= 0.3 is 0 Å². The van der Waals surface area contributed by atoms with Crippen molar-refractivity contribution in [1.29, 1.82) is 0 Å². The first kappa shape index (κ1) is 27.6. The third-order valence-corrected chi connectivity index (χ3v) is 7.97. The Morgan fingerprint density at radius 3 is 2.58 bits per heavy atom. The van der Waals surface area contributed by atoms with Gasteiger partial charge < -0.3 is 4.90 Å². The van der Waals surface area contributed by atoms with Crippen molar-refractivity contribution in [1.82, 2.24) is 4.57 Å². The Balaban J connectivity index is 1.93. The minimum absolute atomic E-state index is 0.448. The van der Waals surface area contributed by atoms with Gasteiger partial charge in [-0.3, -0.25) is 14.4 Å². The lowest BCUT2D eigenvalue weighted by Crippen LogP contribution is -2.32. The minimum atomic E-state index is 0.448. The number of hydrogen-bond donors (Lipinski definition) is 0. The maximum atomic E-state index is 12.0. The van der Waals surface area contributed by atoms with Crippen molar-refractivity contribution in [3.8, 4) is 0 Å². The van der Waals surface area contributed by atoms with Crippen LogP contribution in [-0.4, -0.2) is 29.8 Å². The predicted octanol–water partition coefficient (Wildman–Crippen LogP) is 7.20. The summed E-state index contributed by atoms with van der Waals surface area (Å²) in [5.41, 5.74) is 6.77. The zero-order valence-corrected chi connectivity index (χ0v) is 23.3. The molecule has 0 N–H and O–H groups in total. The molecule has 1 fully saturated rings. The van der Waals surface area contributed by atoms with Gasteiger partial charge in [0.2, 0.25) is 6.41 Å². The van der Waals surface area contributed by atoms with E-state index in [0.29, 0.717) is 11.4 Å². The molecular formula is C31H44N4O. The van der Waals surface area contributed by atoms with Gasteiger partial charge in [-0.15, -0.1) is 0 Å². The number of nitrogens with zero attached hydrogens (tertiary/aromatic N) is 4. The lowest BCUT2D eigenvalue weighted by atomic mass is 9.87. The van der Waals surface area contributed by atoms with Crippen molar-refractivity contribution >= 4 is 29.2 Å². The van der Waals surface area contributed by atoms with Crippen LogP contribution in [0.15, 0.2) is 52.6 Å². The first-order chi connectivity index (χ1) is 17.3. The van der Waals surface area contributed by atoms with E-state index in [-0.39, 0.29) is 0 Å². The average Bonchev–Trinajstić information content (AvgIpc) is 2.88. The molecular weight excluding hydrogens is 444 g/mol. The predicted molar refractivity (Wildman–Crippen MR) is 154 cm³/mol. The molecule has 3 unspecified atom stereocenters. The molecule has 3 rings (SSSR count). The number of carbonyl (C=O) groups excluding carboxylic acids is 1. The quantitative estimate of drug-likeness (QED) is 0.306. The second-order valence-corrected chi connectivity index (χ2v) is 10.5. The van der Waals surface area contributed by atoms with Crippen LogP contribution < -0.4 is 10.4 Å². The fourth-order valence-corrected chi connectivity index (χ4v) is 4.67. The smallest absolute Gasteiger partial charge is 0.219 e. The van der Waals surface area contributed by atoms with Crippen molar-refractivity contribution < 1.29 is 4.79 Å². The molecule has 1 aromatic heterocycles. The van der Waals surface area contributed by atoms with Crippen LogP contribution in [0.25, 0.3) is 5.70 Å². The van der Waals surface area contributed by atoms with Crippen LogP contribution in [0, 0.1) is 24.7 Å². The van der Waals surface area contributed by atoms with Gasteiger partial charge in [0.25, 0.3) is 0 Å². The maximum absolute atomic E-state index is 12.0. The third kappa shape index (κ3) is 6.83. The highest BCUT2D eigenvalue weighted by atomic mass is 16.1. The Morgan fingerprint density at radius 2 is 1.89 bits per heavy atom. The van der Waals surface area contributed by atoms with Crippen LogP contribution >= 0.6 is 0 Å². The van der Waals surface area contributed by atoms with E-state index >= 15 is 0 Å². The first-order valence-corrected chi connectivity index (χ1v) is 13.6. The fraction of sp³-hybridized carbons (Fsp3) is 0.516. The molecule has 2 heterocycles. The largest absolute Gasteiger partial charge is 0.370 e. The Bertz CT molecular complexity index is 1170. The highest BCUT2D eigenvalue weighted by Gasteiger charge is 2.18. The molecule has 1 aliphatic heterocycles. The van der Waals surface area contributed by atoms with Gasteiger partial charge in [-0.1, -0.05) is 45.9 Å². The molecule has 1 aliphatic rings. The molecule has 0 radical (unpaired) electrons. The molecule has 2 aromatic rings. The van der Waals surface area contributed by atoms with Gasteiger partial charge in [0, 0.05) is 30.6 Å². The highest BCUT2D eigenvalue weighted by molar-refractivity contribution is 5.87. The number of allylic oxidation sites excluding steroid dienone is 1. The molecule has 0 saturated carbocycles. The van der Waals surface area contributed by atoms with Gasteiger partial charge in [-0.2, -0.15) is 0 Å². The topological polar surface area (TPSA) is 50.0 Å². The Labute approximate surface area is 217 Å². The maximum Gasteiger partial charge on any atom is 0.219 e. The number of aryl methyl sites for hydroxylation is 1. The van der Waals surface area contributed by atoms with Crippen LogP contribution in [0.2, 0.25) is 0 Å². The number of rotatable bonds is 7. The first-order valence-electron chi connectivity index (χ1n) is 13.6. The molecule has 5 nitrogen and oxygen atoms in total. The summed E-state index contributed by atoms with van der Waals surface area (Å²) in [6.07, 6.45) is 9.44. The van der Waals surface area contributed by atoms with Crippen molar-refractivity contribution in [3.63, 3.8) is 0 Å². The van der Waals surface area contributed by atoms with Gasteiger partial charge in [-0.25, -0.2) is 4.99 Å². The van der Waals surface area contributed by atoms with E-state index < -0.39 is 0 Å². The number of aliphatic imine (C=N–C) groups is 1. The van der Waals surface area contributed by atoms with E-state index in [4.69, 9.17) is 9.98 Å². The molecule has 1 saturated heterocycles. The SMILES string of the molecule is C/C=C(\N=c1ccc(N2CCCC(C)C(C)CC2)cn1C=O)c1ccc(C)c(N=C(C)C(C)CC)c1. The van der Waals surface area contributed by atoms with E-state index in [9.17, 15) is 4.79 Å². The highest BCUT2D eigenvalue weighted by Crippen LogP contribution is 2.27. The van der Waals surface area contributed by atoms with Crippen molar-refractivity contribution in [3.05, 3.63) is 59.2 Å². The van der Waals surface area contributed by atoms with Crippen molar-refractivity contribution in [2.45, 2.75) is 74.1 Å². The summed E-state index contributed by atoms with van der Waals surface area (Å²) in [5, 5.41) is 0. The van der Waals surface area contributed by atoms with Gasteiger partial charge in [0.15, 0.2) is 0 Å². The van der Waals surface area contributed by atoms with E-state index in [1.165, 1.54) is 19.3 Å². The molecule has 194 valence electrons. The number of hydrogen-bond acceptors (Lipinski definition) is 4. The Kier molecular flexibility index (Phi) is 9.86. The van der Waals surface area contributed by atoms with Crippen LogP contribution in [0.4, 0.5) is 11.4 Å². The lowest BCUT2D eigenvalue weighted by molar-refractivity contribution is 0.322. The summed E-state index contributed by atoms with van der Waals surface area (Å²) >= 11 is 0. The molecule has 3 atom stereocenters. The summed E-state index contributed by atoms with van der Waals surface area (Å²) in [6, 6.07) is 10.3. The second-order valence-electron chi connectivity index (χ2n) is 10.5. The second kappa shape index (κ2) is 12.8. The van der Waals surface area contributed by atoms with Crippen LogP contribution in [-0.2, 0) is 4.79 Å². The summed E-state index contributed by atoms with van der Waals surface area (Å²) < 4.78 is 1.60. The van der Waals surface area contributed by atoms with Crippen LogP contribution in [0.1, 0.15) is 78.4 Å². The van der Waals surface area contributed by atoms with E-state index in [1.54, 1.807) is 4.57 Å². The molecule has 0 amide bonds. The number of aromatic nitrogens is 1. The normalized spacial score (nSPS) is 21.2. The minimum Gasteiger partial charge on any atom is -0.370 e. The number of benzene rings is 1. The number of pyridine rings is 1. The molecule has 5 heteroatoms. The molecule has 0 aliphatic carbocycles. The van der Waals surface area contributed by atoms with Crippen LogP contribution in [0.3, 0.4) is 0 Å². The van der Waals surface area contributed by atoms with Crippen molar-refractivity contribution in [2.24, 2.45) is 27.7 Å². The zero-order chi connectivity index (χ0) is 26.2.